The maximum Gasteiger partial charge on any atom is 0.255 e. The maximum absolute atomic E-state index is 12.7. The summed E-state index contributed by atoms with van der Waals surface area (Å²) >= 11 is 13.0. The number of amides is 1. The number of hydrogen-bond acceptors (Lipinski definition) is 3. The van der Waals surface area contributed by atoms with Crippen LogP contribution in [0.25, 0.3) is 10.9 Å². The molecule has 148 valence electrons. The van der Waals surface area contributed by atoms with Crippen LogP contribution >= 0.6 is 23.2 Å². The lowest BCUT2D eigenvalue weighted by Gasteiger charge is -2.36. The number of benzene rings is 2. The summed E-state index contributed by atoms with van der Waals surface area (Å²) in [6, 6.07) is 11.3. The molecule has 4 rings (SSSR count). The zero-order valence-electron chi connectivity index (χ0n) is 16.0. The van der Waals surface area contributed by atoms with Crippen LogP contribution in [-0.2, 0) is 13.5 Å². The van der Waals surface area contributed by atoms with Gasteiger partial charge in [0.05, 0.1) is 28.3 Å². The van der Waals surface area contributed by atoms with Crippen molar-refractivity contribution in [3.05, 3.63) is 68.3 Å². The van der Waals surface area contributed by atoms with Crippen LogP contribution in [0.5, 0.6) is 0 Å². The fourth-order valence-electron chi connectivity index (χ4n) is 3.79. The quantitative estimate of drug-likeness (QED) is 0.684. The molecule has 0 unspecified atom stereocenters. The minimum atomic E-state index is -0.471. The van der Waals surface area contributed by atoms with Gasteiger partial charge >= 0.3 is 0 Å². The highest BCUT2D eigenvalue weighted by atomic mass is 35.5. The summed E-state index contributed by atoms with van der Waals surface area (Å²) in [4.78, 5) is 14.2. The maximum atomic E-state index is 12.7. The molecule has 0 radical (unpaired) electrons. The van der Waals surface area contributed by atoms with E-state index < -0.39 is 6.10 Å². The normalized spacial score (nSPS) is 14.1. The van der Waals surface area contributed by atoms with Gasteiger partial charge in [0.15, 0.2) is 0 Å². The van der Waals surface area contributed by atoms with E-state index in [-0.39, 0.29) is 5.91 Å². The van der Waals surface area contributed by atoms with Gasteiger partial charge in [-0.3, -0.25) is 4.79 Å². The Morgan fingerprint density at radius 3 is 2.66 bits per heavy atom. The van der Waals surface area contributed by atoms with Crippen LogP contribution in [0, 0.1) is 18.3 Å². The van der Waals surface area contributed by atoms with Crippen LogP contribution in [0.15, 0.2) is 30.3 Å². The van der Waals surface area contributed by atoms with Crippen LogP contribution in [0.1, 0.15) is 32.7 Å². The molecule has 0 bridgehead atoms. The number of likely N-dealkylation sites (tertiary alicyclic amines) is 1. The number of carbonyl (C=O) groups is 1. The second-order valence-corrected chi connectivity index (χ2v) is 8.25. The number of aliphatic hydroxyl groups is 1. The Labute approximate surface area is 178 Å². The van der Waals surface area contributed by atoms with Gasteiger partial charge in [0.2, 0.25) is 0 Å². The average molecular weight is 428 g/mol. The summed E-state index contributed by atoms with van der Waals surface area (Å²) in [6.45, 7) is 2.61. The number of aromatic nitrogens is 1. The Morgan fingerprint density at radius 1 is 1.28 bits per heavy atom. The van der Waals surface area contributed by atoms with Gasteiger partial charge in [-0.15, -0.1) is 0 Å². The topological polar surface area (TPSA) is 69.3 Å². The number of rotatable bonds is 3. The van der Waals surface area contributed by atoms with E-state index in [1.54, 1.807) is 17.0 Å². The molecule has 2 heterocycles. The van der Waals surface area contributed by atoms with Crippen molar-refractivity contribution in [2.45, 2.75) is 19.4 Å². The van der Waals surface area contributed by atoms with Gasteiger partial charge in [0, 0.05) is 48.2 Å². The molecule has 0 spiro atoms. The first-order valence-electron chi connectivity index (χ1n) is 9.23. The van der Waals surface area contributed by atoms with Crippen molar-refractivity contribution in [2.24, 2.45) is 7.05 Å². The van der Waals surface area contributed by atoms with E-state index in [2.05, 4.69) is 12.1 Å². The third-order valence-electron chi connectivity index (χ3n) is 5.52. The first-order valence-corrected chi connectivity index (χ1v) is 9.99. The van der Waals surface area contributed by atoms with Crippen LogP contribution in [0.2, 0.25) is 10.0 Å². The molecule has 1 saturated heterocycles. The Morgan fingerprint density at radius 2 is 2.00 bits per heavy atom. The largest absolute Gasteiger partial charge is 0.389 e. The molecular formula is C22H19Cl2N3O2. The van der Waals surface area contributed by atoms with Crippen molar-refractivity contribution >= 4 is 40.0 Å². The molecule has 2 aromatic carbocycles. The lowest BCUT2D eigenvalue weighted by atomic mass is 10.0. The molecule has 1 aliphatic rings. The number of halogens is 2. The zero-order valence-corrected chi connectivity index (χ0v) is 17.6. The lowest BCUT2D eigenvalue weighted by Crippen LogP contribution is -2.53. The Bertz CT molecular complexity index is 1190. The molecule has 3 aromatic rings. The van der Waals surface area contributed by atoms with Gasteiger partial charge in [-0.1, -0.05) is 23.2 Å². The molecule has 0 aliphatic carbocycles. The summed E-state index contributed by atoms with van der Waals surface area (Å²) < 4.78 is 2.02. The van der Waals surface area contributed by atoms with Crippen LogP contribution in [-0.4, -0.2) is 39.7 Å². The standard InChI is InChI=1S/C22H19Cl2N3O2/c1-12-5-13(9-25)6-20-17(12)7-14(26(20)2)8-18-19(23)4-3-16(21(18)24)22(29)27-10-15(28)11-27/h3-7,15,28H,8,10-11H2,1-2H3. The molecule has 1 aliphatic heterocycles. The summed E-state index contributed by atoms with van der Waals surface area (Å²) in [5.74, 6) is -0.204. The highest BCUT2D eigenvalue weighted by molar-refractivity contribution is 6.38. The van der Waals surface area contributed by atoms with Crippen LogP contribution in [0.3, 0.4) is 0 Å². The average Bonchev–Trinajstić information content (AvgIpc) is 2.98. The minimum Gasteiger partial charge on any atom is -0.389 e. The van der Waals surface area contributed by atoms with E-state index in [9.17, 15) is 15.2 Å². The molecule has 1 fully saturated rings. The third-order valence-corrected chi connectivity index (χ3v) is 6.31. The Hall–Kier alpha value is -2.52. The zero-order chi connectivity index (χ0) is 20.9. The van der Waals surface area contributed by atoms with Gasteiger partial charge in [0.1, 0.15) is 0 Å². The summed E-state index contributed by atoms with van der Waals surface area (Å²) in [5.41, 5.74) is 4.65. The van der Waals surface area contributed by atoms with E-state index in [1.165, 1.54) is 0 Å². The minimum absolute atomic E-state index is 0.204. The lowest BCUT2D eigenvalue weighted by molar-refractivity contribution is 0.00590. The Balaban J connectivity index is 1.74. The van der Waals surface area contributed by atoms with Gasteiger partial charge < -0.3 is 14.6 Å². The first-order chi connectivity index (χ1) is 13.8. The number of aliphatic hydroxyl groups excluding tert-OH is 1. The van der Waals surface area contributed by atoms with E-state index in [1.807, 2.05) is 30.7 Å². The second-order valence-electron chi connectivity index (χ2n) is 7.46. The molecule has 1 N–H and O–H groups in total. The fourth-order valence-corrected chi connectivity index (χ4v) is 4.38. The third kappa shape index (κ3) is 3.38. The molecule has 5 nitrogen and oxygen atoms in total. The van der Waals surface area contributed by atoms with Crippen molar-refractivity contribution in [2.75, 3.05) is 13.1 Å². The van der Waals surface area contributed by atoms with E-state index in [4.69, 9.17) is 23.2 Å². The van der Waals surface area contributed by atoms with Crippen molar-refractivity contribution in [3.63, 3.8) is 0 Å². The van der Waals surface area contributed by atoms with Gasteiger partial charge in [0.25, 0.3) is 5.91 Å². The van der Waals surface area contributed by atoms with Gasteiger partial charge in [-0.25, -0.2) is 0 Å². The number of hydrogen-bond donors (Lipinski definition) is 1. The van der Waals surface area contributed by atoms with Crippen molar-refractivity contribution < 1.29 is 9.90 Å². The monoisotopic (exact) mass is 427 g/mol. The number of nitrogens with zero attached hydrogens (tertiary/aromatic N) is 3. The van der Waals surface area contributed by atoms with Gasteiger partial charge in [-0.2, -0.15) is 5.26 Å². The molecule has 1 aromatic heterocycles. The number of nitriles is 1. The van der Waals surface area contributed by atoms with Crippen LogP contribution in [0.4, 0.5) is 0 Å². The predicted molar refractivity (Wildman–Crippen MR) is 114 cm³/mol. The van der Waals surface area contributed by atoms with Gasteiger partial charge in [-0.05, 0) is 48.4 Å². The number of fused-ring (bicyclic) bond motifs is 1. The summed E-state index contributed by atoms with van der Waals surface area (Å²) in [6.07, 6.45) is -0.0182. The van der Waals surface area contributed by atoms with Crippen molar-refractivity contribution in [3.8, 4) is 6.07 Å². The summed E-state index contributed by atoms with van der Waals surface area (Å²) in [5, 5.41) is 20.6. The van der Waals surface area contributed by atoms with Crippen molar-refractivity contribution in [1.29, 1.82) is 5.26 Å². The van der Waals surface area contributed by atoms with Crippen molar-refractivity contribution in [1.82, 2.24) is 9.47 Å². The molecule has 0 atom stereocenters. The predicted octanol–water partition coefficient (Wildman–Crippen LogP) is 4.07. The number of carbonyl (C=O) groups excluding carboxylic acids is 1. The Kier molecular flexibility index (Phi) is 5.04. The highest BCUT2D eigenvalue weighted by Gasteiger charge is 2.31. The SMILES string of the molecule is Cc1cc(C#N)cc2c1cc(Cc1c(Cl)ccc(C(=O)N3CC(O)C3)c1Cl)n2C. The molecule has 7 heteroatoms. The molecular weight excluding hydrogens is 409 g/mol. The summed E-state index contributed by atoms with van der Waals surface area (Å²) in [7, 11) is 1.94. The molecule has 0 saturated carbocycles. The van der Waals surface area contributed by atoms with Crippen LogP contribution < -0.4 is 0 Å². The smallest absolute Gasteiger partial charge is 0.255 e. The molecule has 1 amide bonds. The first kappa shape index (κ1) is 19.8. The van der Waals surface area contributed by atoms with E-state index in [0.717, 1.165) is 22.2 Å². The van der Waals surface area contributed by atoms with E-state index in [0.29, 0.717) is 46.2 Å². The number of β-amino-alcohol motifs (C(OH)–C–C–N with tert-alkyl or cyclic N) is 1. The highest BCUT2D eigenvalue weighted by Crippen LogP contribution is 2.33. The second kappa shape index (κ2) is 7.38. The molecule has 29 heavy (non-hydrogen) atoms. The number of aryl methyl sites for hydroxylation is 2. The van der Waals surface area contributed by atoms with E-state index >= 15 is 0 Å². The fraction of sp³-hybridized carbons (Fsp3) is 0.273.